The van der Waals surface area contributed by atoms with Crippen molar-refractivity contribution in [3.8, 4) is 5.75 Å². The molecule has 1 aromatic carbocycles. The summed E-state index contributed by atoms with van der Waals surface area (Å²) in [5.74, 6) is 0.254. The minimum atomic E-state index is -3.88. The Morgan fingerprint density at radius 2 is 2.15 bits per heavy atom. The predicted molar refractivity (Wildman–Crippen MR) is 79.5 cm³/mol. The van der Waals surface area contributed by atoms with E-state index in [-0.39, 0.29) is 17.3 Å². The molecule has 0 aliphatic rings. The highest BCUT2D eigenvalue weighted by molar-refractivity contribution is 9.10. The molecule has 5 nitrogen and oxygen atoms in total. The zero-order valence-electron chi connectivity index (χ0n) is 10.8. The van der Waals surface area contributed by atoms with Gasteiger partial charge in [-0.05, 0) is 24.6 Å². The van der Waals surface area contributed by atoms with Crippen LogP contribution in [-0.4, -0.2) is 18.0 Å². The quantitative estimate of drug-likeness (QED) is 0.766. The maximum atomic E-state index is 11.6. The van der Waals surface area contributed by atoms with Crippen LogP contribution in [0.5, 0.6) is 5.75 Å². The zero-order chi connectivity index (χ0) is 14.9. The third kappa shape index (κ3) is 3.34. The molecule has 0 aliphatic carbocycles. The molecule has 20 heavy (non-hydrogen) atoms. The number of nitrogens with zero attached hydrogens (tertiary/aromatic N) is 2. The number of rotatable bonds is 4. The Hall–Kier alpha value is -1.05. The average molecular weight is 380 g/mol. The van der Waals surface area contributed by atoms with Crippen molar-refractivity contribution in [1.29, 1.82) is 0 Å². The van der Waals surface area contributed by atoms with Crippen LogP contribution >= 0.6 is 26.6 Å². The van der Waals surface area contributed by atoms with Crippen LogP contribution in [0.2, 0.25) is 0 Å². The van der Waals surface area contributed by atoms with Gasteiger partial charge in [0.2, 0.25) is 0 Å². The van der Waals surface area contributed by atoms with Gasteiger partial charge in [-0.25, -0.2) is 13.4 Å². The molecular formula is C12H12BrClN2O3S. The van der Waals surface area contributed by atoms with Gasteiger partial charge >= 0.3 is 0 Å². The summed E-state index contributed by atoms with van der Waals surface area (Å²) < 4.78 is 31.3. The van der Waals surface area contributed by atoms with Gasteiger partial charge in [0.25, 0.3) is 9.05 Å². The van der Waals surface area contributed by atoms with Crippen LogP contribution in [0.3, 0.4) is 0 Å². The van der Waals surface area contributed by atoms with Crippen LogP contribution in [0.15, 0.2) is 34.0 Å². The molecule has 0 atom stereocenters. The lowest BCUT2D eigenvalue weighted by Gasteiger charge is -2.13. The number of hydrogen-bond donors (Lipinski definition) is 0. The van der Waals surface area contributed by atoms with Gasteiger partial charge in [-0.1, -0.05) is 15.9 Å². The van der Waals surface area contributed by atoms with Gasteiger partial charge in [-0.3, -0.25) is 0 Å². The van der Waals surface area contributed by atoms with Crippen molar-refractivity contribution < 1.29 is 13.2 Å². The largest absolute Gasteiger partial charge is 0.486 e. The molecule has 0 amide bonds. The predicted octanol–water partition coefficient (Wildman–Crippen LogP) is 3.00. The Labute approximate surface area is 130 Å². The Kier molecular flexibility index (Phi) is 4.41. The number of aryl methyl sites for hydroxylation is 2. The van der Waals surface area contributed by atoms with Gasteiger partial charge < -0.3 is 9.30 Å². The molecular weight excluding hydrogens is 368 g/mol. The van der Waals surface area contributed by atoms with Crippen molar-refractivity contribution in [3.63, 3.8) is 0 Å². The lowest BCUT2D eigenvalue weighted by molar-refractivity contribution is 0.287. The van der Waals surface area contributed by atoms with Gasteiger partial charge in [0.1, 0.15) is 17.3 Å². The van der Waals surface area contributed by atoms with Crippen molar-refractivity contribution in [1.82, 2.24) is 9.55 Å². The van der Waals surface area contributed by atoms with Crippen LogP contribution in [0.4, 0.5) is 0 Å². The number of benzene rings is 1. The van der Waals surface area contributed by atoms with Crippen molar-refractivity contribution in [2.75, 3.05) is 0 Å². The standard InChI is InChI=1S/C12H12BrClN2O3S/c1-8-3-9(13)4-11(20(14,17)18)12(8)19-6-10-5-15-7-16(10)2/h3-5,7H,6H2,1-2H3. The normalized spacial score (nSPS) is 11.6. The molecule has 0 N–H and O–H groups in total. The minimum absolute atomic E-state index is 0.0480. The fourth-order valence-corrected chi connectivity index (χ4v) is 3.51. The van der Waals surface area contributed by atoms with E-state index in [1.807, 2.05) is 7.05 Å². The number of hydrogen-bond acceptors (Lipinski definition) is 4. The Morgan fingerprint density at radius 1 is 1.45 bits per heavy atom. The van der Waals surface area contributed by atoms with Gasteiger partial charge in [0, 0.05) is 22.2 Å². The first-order valence-corrected chi connectivity index (χ1v) is 8.72. The topological polar surface area (TPSA) is 61.2 Å². The molecule has 8 heteroatoms. The van der Waals surface area contributed by atoms with Crippen LogP contribution in [0, 0.1) is 6.92 Å². The monoisotopic (exact) mass is 378 g/mol. The highest BCUT2D eigenvalue weighted by Crippen LogP contribution is 2.34. The van der Waals surface area contributed by atoms with Crippen molar-refractivity contribution in [2.45, 2.75) is 18.4 Å². The number of imidazole rings is 1. The van der Waals surface area contributed by atoms with Crippen LogP contribution in [0.1, 0.15) is 11.3 Å². The molecule has 2 rings (SSSR count). The summed E-state index contributed by atoms with van der Waals surface area (Å²) in [5.41, 5.74) is 1.51. The molecule has 0 bridgehead atoms. The van der Waals surface area contributed by atoms with E-state index in [2.05, 4.69) is 20.9 Å². The summed E-state index contributed by atoms with van der Waals surface area (Å²) in [6, 6.07) is 3.19. The smallest absolute Gasteiger partial charge is 0.265 e. The fraction of sp³-hybridized carbons (Fsp3) is 0.250. The second-order valence-electron chi connectivity index (χ2n) is 4.27. The Morgan fingerprint density at radius 3 is 2.70 bits per heavy atom. The number of aromatic nitrogens is 2. The third-order valence-electron chi connectivity index (χ3n) is 2.75. The molecule has 0 spiro atoms. The van der Waals surface area contributed by atoms with Crippen LogP contribution < -0.4 is 4.74 Å². The summed E-state index contributed by atoms with van der Waals surface area (Å²) in [7, 11) is 3.40. The van der Waals surface area contributed by atoms with E-state index in [1.54, 1.807) is 30.1 Å². The zero-order valence-corrected chi connectivity index (χ0v) is 14.0. The Balaban J connectivity index is 2.38. The van der Waals surface area contributed by atoms with E-state index in [9.17, 15) is 8.42 Å². The molecule has 1 aromatic heterocycles. The Bertz CT molecular complexity index is 743. The number of halogens is 2. The maximum Gasteiger partial charge on any atom is 0.265 e. The highest BCUT2D eigenvalue weighted by atomic mass is 79.9. The SMILES string of the molecule is Cc1cc(Br)cc(S(=O)(=O)Cl)c1OCc1cncn1C. The summed E-state index contributed by atoms with van der Waals surface area (Å²) in [5, 5.41) is 0. The molecule has 0 fully saturated rings. The van der Waals surface area contributed by atoms with E-state index < -0.39 is 9.05 Å². The van der Waals surface area contributed by atoms with Gasteiger partial charge in [0.05, 0.1) is 18.2 Å². The second-order valence-corrected chi connectivity index (χ2v) is 7.72. The lowest BCUT2D eigenvalue weighted by atomic mass is 10.2. The van der Waals surface area contributed by atoms with Crippen LogP contribution in [0.25, 0.3) is 0 Å². The van der Waals surface area contributed by atoms with Crippen molar-refractivity contribution in [2.24, 2.45) is 7.05 Å². The summed E-state index contributed by atoms with van der Waals surface area (Å²) in [6.45, 7) is 1.97. The van der Waals surface area contributed by atoms with Gasteiger partial charge in [-0.15, -0.1) is 0 Å². The van der Waals surface area contributed by atoms with Gasteiger partial charge in [-0.2, -0.15) is 0 Å². The second kappa shape index (κ2) is 5.75. The van der Waals surface area contributed by atoms with Gasteiger partial charge in [0.15, 0.2) is 0 Å². The molecule has 0 saturated carbocycles. The van der Waals surface area contributed by atoms with E-state index in [0.29, 0.717) is 10.0 Å². The summed E-state index contributed by atoms with van der Waals surface area (Å²) in [6.07, 6.45) is 3.30. The first kappa shape index (κ1) is 15.3. The molecule has 0 radical (unpaired) electrons. The molecule has 0 saturated heterocycles. The van der Waals surface area contributed by atoms with Crippen LogP contribution in [-0.2, 0) is 22.7 Å². The molecule has 2 aromatic rings. The van der Waals surface area contributed by atoms with Crippen molar-refractivity contribution in [3.05, 3.63) is 40.4 Å². The summed E-state index contributed by atoms with van der Waals surface area (Å²) >= 11 is 3.25. The molecule has 108 valence electrons. The maximum absolute atomic E-state index is 11.6. The van der Waals surface area contributed by atoms with Crippen molar-refractivity contribution >= 4 is 35.7 Å². The first-order chi connectivity index (χ1) is 9.29. The van der Waals surface area contributed by atoms with E-state index >= 15 is 0 Å². The van der Waals surface area contributed by atoms with E-state index in [0.717, 1.165) is 5.69 Å². The molecule has 0 aliphatic heterocycles. The first-order valence-electron chi connectivity index (χ1n) is 5.62. The molecule has 1 heterocycles. The van der Waals surface area contributed by atoms with E-state index in [1.165, 1.54) is 6.07 Å². The fourth-order valence-electron chi connectivity index (χ4n) is 1.74. The molecule has 0 unspecified atom stereocenters. The van der Waals surface area contributed by atoms with E-state index in [4.69, 9.17) is 15.4 Å². The summed E-state index contributed by atoms with van der Waals surface area (Å²) in [4.78, 5) is 3.92. The number of ether oxygens (including phenoxy) is 1. The third-order valence-corrected chi connectivity index (χ3v) is 4.53. The highest BCUT2D eigenvalue weighted by Gasteiger charge is 2.20. The average Bonchev–Trinajstić information content (AvgIpc) is 2.72. The lowest BCUT2D eigenvalue weighted by Crippen LogP contribution is -2.05. The minimum Gasteiger partial charge on any atom is -0.486 e.